The number of aromatic nitrogens is 1. The number of anilines is 2. The molecule has 0 saturated carbocycles. The number of thioether (sulfide) groups is 1. The molecule has 0 spiro atoms. The van der Waals surface area contributed by atoms with Crippen molar-refractivity contribution in [2.45, 2.75) is 70.4 Å². The second-order valence-electron chi connectivity index (χ2n) is 9.33. The van der Waals surface area contributed by atoms with Crippen LogP contribution in [0.4, 0.5) is 11.4 Å². The number of benzene rings is 2. The SMILES string of the molecule is CC(C)c1cccc(C(C)C)c1NC(=O)CCCCCSc1nc2c(N(C)C)cccc2o1. The zero-order valence-electron chi connectivity index (χ0n) is 20.8. The van der Waals surface area contributed by atoms with Gasteiger partial charge in [0.05, 0.1) is 5.69 Å². The number of amides is 1. The lowest BCUT2D eigenvalue weighted by Crippen LogP contribution is -2.15. The van der Waals surface area contributed by atoms with E-state index in [1.54, 1.807) is 11.8 Å². The number of nitrogens with one attached hydrogen (secondary N) is 1. The molecule has 178 valence electrons. The van der Waals surface area contributed by atoms with Crippen LogP contribution in [0.5, 0.6) is 0 Å². The Morgan fingerprint density at radius 2 is 1.67 bits per heavy atom. The first-order valence-electron chi connectivity index (χ1n) is 11.9. The van der Waals surface area contributed by atoms with E-state index in [1.165, 1.54) is 11.1 Å². The molecule has 33 heavy (non-hydrogen) atoms. The number of rotatable bonds is 11. The molecule has 0 radical (unpaired) electrons. The summed E-state index contributed by atoms with van der Waals surface area (Å²) in [4.78, 5) is 19.4. The zero-order chi connectivity index (χ0) is 24.0. The summed E-state index contributed by atoms with van der Waals surface area (Å²) in [5, 5.41) is 3.93. The van der Waals surface area contributed by atoms with Crippen molar-refractivity contribution in [2.75, 3.05) is 30.1 Å². The number of fused-ring (bicyclic) bond motifs is 1. The van der Waals surface area contributed by atoms with Gasteiger partial charge in [-0.1, -0.05) is 70.1 Å². The molecule has 1 amide bonds. The second-order valence-corrected chi connectivity index (χ2v) is 10.4. The summed E-state index contributed by atoms with van der Waals surface area (Å²) < 4.78 is 5.89. The van der Waals surface area contributed by atoms with Crippen LogP contribution in [0.15, 0.2) is 46.0 Å². The highest BCUT2D eigenvalue weighted by atomic mass is 32.2. The average Bonchev–Trinajstić information content (AvgIpc) is 3.18. The van der Waals surface area contributed by atoms with Crippen LogP contribution in [0, 0.1) is 0 Å². The van der Waals surface area contributed by atoms with Crippen molar-refractivity contribution in [1.29, 1.82) is 0 Å². The summed E-state index contributed by atoms with van der Waals surface area (Å²) in [6.45, 7) is 8.69. The van der Waals surface area contributed by atoms with Gasteiger partial charge in [-0.2, -0.15) is 0 Å². The quantitative estimate of drug-likeness (QED) is 0.235. The zero-order valence-corrected chi connectivity index (χ0v) is 21.6. The largest absolute Gasteiger partial charge is 0.431 e. The van der Waals surface area contributed by atoms with Gasteiger partial charge in [-0.3, -0.25) is 4.79 Å². The predicted molar refractivity (Wildman–Crippen MR) is 141 cm³/mol. The Bertz CT molecular complexity index is 1050. The van der Waals surface area contributed by atoms with Gasteiger partial charge in [0.2, 0.25) is 5.91 Å². The van der Waals surface area contributed by atoms with Crippen LogP contribution in [-0.2, 0) is 4.79 Å². The molecule has 0 atom stereocenters. The molecule has 3 rings (SSSR count). The Kier molecular flexibility index (Phi) is 8.84. The van der Waals surface area contributed by atoms with Crippen molar-refractivity contribution < 1.29 is 9.21 Å². The molecule has 3 aromatic rings. The number of hydrogen-bond donors (Lipinski definition) is 1. The first-order chi connectivity index (χ1) is 15.8. The van der Waals surface area contributed by atoms with Crippen LogP contribution in [-0.4, -0.2) is 30.7 Å². The van der Waals surface area contributed by atoms with E-state index in [0.29, 0.717) is 23.5 Å². The number of unbranched alkanes of at least 4 members (excludes halogenated alkanes) is 2. The summed E-state index contributed by atoms with van der Waals surface area (Å²) >= 11 is 1.64. The minimum absolute atomic E-state index is 0.104. The van der Waals surface area contributed by atoms with E-state index < -0.39 is 0 Å². The van der Waals surface area contributed by atoms with Crippen LogP contribution in [0.1, 0.15) is 76.3 Å². The van der Waals surface area contributed by atoms with Crippen LogP contribution >= 0.6 is 11.8 Å². The van der Waals surface area contributed by atoms with Gasteiger partial charge in [0, 0.05) is 32.0 Å². The Morgan fingerprint density at radius 1 is 1.00 bits per heavy atom. The summed E-state index contributed by atoms with van der Waals surface area (Å²) in [6, 6.07) is 12.3. The third-order valence-corrected chi connectivity index (χ3v) is 6.69. The molecule has 2 aromatic carbocycles. The van der Waals surface area contributed by atoms with Gasteiger partial charge in [-0.25, -0.2) is 4.98 Å². The number of oxazole rings is 1. The molecule has 0 aliphatic heterocycles. The molecule has 0 unspecified atom stereocenters. The molecule has 0 aliphatic carbocycles. The topological polar surface area (TPSA) is 58.4 Å². The van der Waals surface area contributed by atoms with Crippen LogP contribution in [0.2, 0.25) is 0 Å². The van der Waals surface area contributed by atoms with Crippen molar-refractivity contribution in [3.05, 3.63) is 47.5 Å². The minimum Gasteiger partial charge on any atom is -0.431 e. The van der Waals surface area contributed by atoms with Gasteiger partial charge >= 0.3 is 0 Å². The first kappa shape index (κ1) is 25.2. The molecule has 0 bridgehead atoms. The molecule has 5 nitrogen and oxygen atoms in total. The second kappa shape index (κ2) is 11.6. The van der Waals surface area contributed by atoms with Gasteiger partial charge in [-0.15, -0.1) is 0 Å². The van der Waals surface area contributed by atoms with Gasteiger partial charge in [0.1, 0.15) is 5.52 Å². The van der Waals surface area contributed by atoms with Crippen molar-refractivity contribution in [3.8, 4) is 0 Å². The van der Waals surface area contributed by atoms with E-state index >= 15 is 0 Å². The van der Waals surface area contributed by atoms with E-state index in [-0.39, 0.29) is 5.91 Å². The summed E-state index contributed by atoms with van der Waals surface area (Å²) in [5.74, 6) is 1.78. The molecular weight excluding hydrogens is 430 g/mol. The van der Waals surface area contributed by atoms with Gasteiger partial charge < -0.3 is 14.6 Å². The fourth-order valence-electron chi connectivity index (χ4n) is 3.96. The van der Waals surface area contributed by atoms with E-state index in [0.717, 1.165) is 47.5 Å². The Morgan fingerprint density at radius 3 is 2.30 bits per heavy atom. The maximum atomic E-state index is 12.7. The molecule has 1 aromatic heterocycles. The Labute approximate surface area is 202 Å². The number of para-hydroxylation sites is 2. The first-order valence-corrected chi connectivity index (χ1v) is 12.9. The van der Waals surface area contributed by atoms with E-state index in [4.69, 9.17) is 4.42 Å². The van der Waals surface area contributed by atoms with E-state index in [2.05, 4.69) is 56.2 Å². The smallest absolute Gasteiger partial charge is 0.256 e. The highest BCUT2D eigenvalue weighted by Gasteiger charge is 2.16. The highest BCUT2D eigenvalue weighted by Crippen LogP contribution is 2.33. The van der Waals surface area contributed by atoms with Gasteiger partial charge in [-0.05, 0) is 47.9 Å². The average molecular weight is 468 g/mol. The molecule has 6 heteroatoms. The molecule has 1 N–H and O–H groups in total. The van der Waals surface area contributed by atoms with Crippen LogP contribution < -0.4 is 10.2 Å². The Hall–Kier alpha value is -2.47. The number of nitrogens with zero attached hydrogens (tertiary/aromatic N) is 2. The normalized spacial score (nSPS) is 11.5. The highest BCUT2D eigenvalue weighted by molar-refractivity contribution is 7.99. The molecule has 0 saturated heterocycles. The fraction of sp³-hybridized carbons (Fsp3) is 0.481. The lowest BCUT2D eigenvalue weighted by Gasteiger charge is -2.20. The maximum Gasteiger partial charge on any atom is 0.256 e. The molecule has 0 fully saturated rings. The maximum absolute atomic E-state index is 12.7. The number of carbonyl (C=O) groups excluding carboxylic acids is 1. The lowest BCUT2D eigenvalue weighted by molar-refractivity contribution is -0.116. The predicted octanol–water partition coefficient (Wildman–Crippen LogP) is 7.43. The third kappa shape index (κ3) is 6.53. The summed E-state index contributed by atoms with van der Waals surface area (Å²) in [7, 11) is 4.02. The molecular formula is C27H37N3O2S. The van der Waals surface area contributed by atoms with Crippen LogP contribution in [0.25, 0.3) is 11.1 Å². The van der Waals surface area contributed by atoms with Gasteiger partial charge in [0.25, 0.3) is 5.22 Å². The lowest BCUT2D eigenvalue weighted by atomic mass is 9.92. The van der Waals surface area contributed by atoms with E-state index in [1.807, 2.05) is 37.2 Å². The third-order valence-electron chi connectivity index (χ3n) is 5.77. The van der Waals surface area contributed by atoms with Crippen molar-refractivity contribution >= 4 is 40.1 Å². The fourth-order valence-corrected chi connectivity index (χ4v) is 4.79. The minimum atomic E-state index is 0.104. The van der Waals surface area contributed by atoms with Crippen molar-refractivity contribution in [1.82, 2.24) is 4.98 Å². The van der Waals surface area contributed by atoms with E-state index in [9.17, 15) is 4.79 Å². The van der Waals surface area contributed by atoms with Crippen molar-refractivity contribution in [3.63, 3.8) is 0 Å². The number of hydrogen-bond acceptors (Lipinski definition) is 5. The molecule has 1 heterocycles. The Balaban J connectivity index is 1.45. The van der Waals surface area contributed by atoms with Crippen molar-refractivity contribution in [2.24, 2.45) is 0 Å². The molecule has 0 aliphatic rings. The standard InChI is InChI=1S/C27H37N3O2S/c1-18(2)20-12-10-13-21(19(3)4)25(20)28-24(31)16-8-7-9-17-33-27-29-26-22(30(5)6)14-11-15-23(26)32-27/h10-15,18-19H,7-9,16-17H2,1-6H3,(H,28,31). The monoisotopic (exact) mass is 467 g/mol. The summed E-state index contributed by atoms with van der Waals surface area (Å²) in [6.07, 6.45) is 3.46. The summed E-state index contributed by atoms with van der Waals surface area (Å²) in [5.41, 5.74) is 6.22. The van der Waals surface area contributed by atoms with Crippen LogP contribution in [0.3, 0.4) is 0 Å². The van der Waals surface area contributed by atoms with Gasteiger partial charge in [0.15, 0.2) is 5.58 Å². The number of carbonyl (C=O) groups is 1.